The molecule has 3 aliphatic rings. The van der Waals surface area contributed by atoms with Gasteiger partial charge in [0.2, 0.25) is 11.8 Å². The standard InChI is InChI=1S/C22H26F3N5O2/c1-13(14-4-2-5-15(8-14)22(23,24)25)30-17-9-19(21(30)32)28(11-17)12-18(27)20(31)29-7-3-6-16(29)10-26/h2,4-5,8,13,16-19H,3,6-7,9,11-12,27H2,1H3/t13-,16-,17-,18-,19+/m0/s1. The number of carbonyl (C=O) groups is 2. The third kappa shape index (κ3) is 3.95. The Kier molecular flexibility index (Phi) is 5.90. The fourth-order valence-electron chi connectivity index (χ4n) is 5.24. The highest BCUT2D eigenvalue weighted by atomic mass is 19.4. The molecule has 2 N–H and O–H groups in total. The van der Waals surface area contributed by atoms with Gasteiger partial charge in [-0.05, 0) is 43.9 Å². The van der Waals surface area contributed by atoms with E-state index in [1.165, 1.54) is 11.0 Å². The maximum Gasteiger partial charge on any atom is 0.416 e. The van der Waals surface area contributed by atoms with Crippen LogP contribution in [0.25, 0.3) is 0 Å². The van der Waals surface area contributed by atoms with Crippen LogP contribution in [0.15, 0.2) is 24.3 Å². The van der Waals surface area contributed by atoms with Crippen molar-refractivity contribution in [1.29, 1.82) is 5.26 Å². The topological polar surface area (TPSA) is 93.7 Å². The highest BCUT2D eigenvalue weighted by Gasteiger charge is 2.51. The molecule has 0 saturated carbocycles. The lowest BCUT2D eigenvalue weighted by Crippen LogP contribution is -2.56. The fraction of sp³-hybridized carbons (Fsp3) is 0.591. The summed E-state index contributed by atoms with van der Waals surface area (Å²) in [5, 5.41) is 9.20. The second-order valence-corrected chi connectivity index (χ2v) is 8.83. The van der Waals surface area contributed by atoms with Gasteiger partial charge in [0.25, 0.3) is 0 Å². The summed E-state index contributed by atoms with van der Waals surface area (Å²) in [5.41, 5.74) is 5.85. The summed E-state index contributed by atoms with van der Waals surface area (Å²) in [6, 6.07) is 4.87. The molecule has 0 aromatic heterocycles. The van der Waals surface area contributed by atoms with Crippen LogP contribution in [-0.2, 0) is 15.8 Å². The number of rotatable bonds is 5. The molecule has 0 aliphatic carbocycles. The summed E-state index contributed by atoms with van der Waals surface area (Å²) in [7, 11) is 0. The van der Waals surface area contributed by atoms with Crippen molar-refractivity contribution < 1.29 is 22.8 Å². The zero-order valence-electron chi connectivity index (χ0n) is 17.8. The molecule has 2 bridgehead atoms. The molecular formula is C22H26F3N5O2. The van der Waals surface area contributed by atoms with Crippen LogP contribution in [0.1, 0.15) is 43.4 Å². The van der Waals surface area contributed by atoms with Gasteiger partial charge in [0.05, 0.1) is 29.8 Å². The molecular weight excluding hydrogens is 423 g/mol. The monoisotopic (exact) mass is 449 g/mol. The van der Waals surface area contributed by atoms with Gasteiger partial charge in [-0.25, -0.2) is 0 Å². The minimum absolute atomic E-state index is 0.141. The van der Waals surface area contributed by atoms with Crippen LogP contribution in [0, 0.1) is 11.3 Å². The first kappa shape index (κ1) is 22.6. The van der Waals surface area contributed by atoms with Crippen LogP contribution in [0.2, 0.25) is 0 Å². The predicted octanol–water partition coefficient (Wildman–Crippen LogP) is 1.89. The van der Waals surface area contributed by atoms with Gasteiger partial charge in [0, 0.05) is 25.7 Å². The van der Waals surface area contributed by atoms with Crippen LogP contribution in [0.5, 0.6) is 0 Å². The highest BCUT2D eigenvalue weighted by Crippen LogP contribution is 2.39. The number of fused-ring (bicyclic) bond motifs is 2. The molecule has 3 saturated heterocycles. The summed E-state index contributed by atoms with van der Waals surface area (Å²) >= 11 is 0. The van der Waals surface area contributed by atoms with Gasteiger partial charge in [-0.1, -0.05) is 12.1 Å². The maximum atomic E-state index is 13.1. The molecule has 2 amide bonds. The Morgan fingerprint density at radius 2 is 2.12 bits per heavy atom. The Morgan fingerprint density at radius 1 is 1.38 bits per heavy atom. The highest BCUT2D eigenvalue weighted by molar-refractivity contribution is 5.87. The summed E-state index contributed by atoms with van der Waals surface area (Å²) in [6.07, 6.45) is -2.47. The number of halogens is 3. The lowest BCUT2D eigenvalue weighted by molar-refractivity contribution is -0.141. The molecule has 7 nitrogen and oxygen atoms in total. The first-order valence-corrected chi connectivity index (χ1v) is 10.8. The van der Waals surface area contributed by atoms with Crippen molar-refractivity contribution in [3.63, 3.8) is 0 Å². The molecule has 1 aromatic rings. The number of amides is 2. The van der Waals surface area contributed by atoms with Crippen molar-refractivity contribution in [2.45, 2.75) is 62.6 Å². The minimum Gasteiger partial charge on any atom is -0.330 e. The van der Waals surface area contributed by atoms with E-state index >= 15 is 0 Å². The van der Waals surface area contributed by atoms with Gasteiger partial charge < -0.3 is 15.5 Å². The summed E-state index contributed by atoms with van der Waals surface area (Å²) in [6.45, 7) is 2.98. The maximum absolute atomic E-state index is 13.1. The van der Waals surface area contributed by atoms with Crippen LogP contribution in [0.3, 0.4) is 0 Å². The molecule has 4 rings (SSSR count). The van der Waals surface area contributed by atoms with E-state index in [4.69, 9.17) is 5.73 Å². The van der Waals surface area contributed by atoms with Crippen molar-refractivity contribution in [2.24, 2.45) is 5.73 Å². The number of benzene rings is 1. The Hall–Kier alpha value is -2.64. The van der Waals surface area contributed by atoms with Gasteiger partial charge in [-0.15, -0.1) is 0 Å². The third-order valence-corrected chi connectivity index (χ3v) is 6.86. The van der Waals surface area contributed by atoms with Crippen molar-refractivity contribution in [1.82, 2.24) is 14.7 Å². The van der Waals surface area contributed by atoms with Crippen LogP contribution in [-0.4, -0.2) is 70.3 Å². The van der Waals surface area contributed by atoms with Crippen molar-refractivity contribution in [2.75, 3.05) is 19.6 Å². The molecule has 1 aromatic carbocycles. The Morgan fingerprint density at radius 3 is 2.78 bits per heavy atom. The molecule has 0 unspecified atom stereocenters. The SMILES string of the molecule is C[C@@H](c1cccc(C(F)(F)F)c1)N1C(=O)[C@H]2C[C@H]1CN2C[C@H](N)C(=O)N1CCC[C@H]1C#N. The number of piperazine rings is 1. The second kappa shape index (κ2) is 8.37. The zero-order valence-corrected chi connectivity index (χ0v) is 17.8. The average Bonchev–Trinajstić information content (AvgIpc) is 3.46. The second-order valence-electron chi connectivity index (χ2n) is 8.83. The molecule has 32 heavy (non-hydrogen) atoms. The summed E-state index contributed by atoms with van der Waals surface area (Å²) < 4.78 is 39.3. The number of hydrogen-bond acceptors (Lipinski definition) is 5. The molecule has 172 valence electrons. The lowest BCUT2D eigenvalue weighted by Gasteiger charge is -2.38. The van der Waals surface area contributed by atoms with Crippen LogP contribution < -0.4 is 5.73 Å². The molecule has 10 heteroatoms. The van der Waals surface area contributed by atoms with Gasteiger partial charge in [-0.3, -0.25) is 14.5 Å². The largest absolute Gasteiger partial charge is 0.416 e. The van der Waals surface area contributed by atoms with Crippen molar-refractivity contribution in [3.8, 4) is 6.07 Å². The smallest absolute Gasteiger partial charge is 0.330 e. The quantitative estimate of drug-likeness (QED) is 0.741. The first-order chi connectivity index (χ1) is 15.1. The number of nitrogens with two attached hydrogens (primary N) is 1. The Bertz CT molecular complexity index is 946. The van der Waals surface area contributed by atoms with Crippen molar-refractivity contribution >= 4 is 11.8 Å². The molecule has 3 aliphatic heterocycles. The number of alkyl halides is 3. The minimum atomic E-state index is -4.44. The number of likely N-dealkylation sites (tertiary alicyclic amines) is 3. The van der Waals surface area contributed by atoms with E-state index in [-0.39, 0.29) is 24.4 Å². The normalized spacial score (nSPS) is 27.6. The number of carbonyl (C=O) groups excluding carboxylic acids is 2. The van der Waals surface area contributed by atoms with Crippen molar-refractivity contribution in [3.05, 3.63) is 35.4 Å². The number of nitrogens with zero attached hydrogens (tertiary/aromatic N) is 4. The lowest BCUT2D eigenvalue weighted by atomic mass is 10.0. The third-order valence-electron chi connectivity index (χ3n) is 6.86. The molecule has 5 atom stereocenters. The van der Waals surface area contributed by atoms with Gasteiger partial charge in [0.15, 0.2) is 0 Å². The molecule has 3 fully saturated rings. The molecule has 0 radical (unpaired) electrons. The zero-order chi connectivity index (χ0) is 23.2. The van der Waals surface area contributed by atoms with Crippen LogP contribution >= 0.6 is 0 Å². The van der Waals surface area contributed by atoms with E-state index in [0.717, 1.165) is 18.6 Å². The first-order valence-electron chi connectivity index (χ1n) is 10.8. The van der Waals surface area contributed by atoms with E-state index in [0.29, 0.717) is 31.5 Å². The van der Waals surface area contributed by atoms with Gasteiger partial charge >= 0.3 is 6.18 Å². The van der Waals surface area contributed by atoms with Gasteiger partial charge in [0.1, 0.15) is 6.04 Å². The Labute approximate surface area is 184 Å². The van der Waals surface area contributed by atoms with Crippen LogP contribution in [0.4, 0.5) is 13.2 Å². The fourth-order valence-corrected chi connectivity index (χ4v) is 5.24. The van der Waals surface area contributed by atoms with E-state index < -0.39 is 35.9 Å². The number of hydrogen-bond donors (Lipinski definition) is 1. The summed E-state index contributed by atoms with van der Waals surface area (Å²) in [5.74, 6) is -0.430. The predicted molar refractivity (Wildman–Crippen MR) is 109 cm³/mol. The van der Waals surface area contributed by atoms with Gasteiger partial charge in [-0.2, -0.15) is 18.4 Å². The van der Waals surface area contributed by atoms with E-state index in [2.05, 4.69) is 6.07 Å². The number of nitriles is 1. The van der Waals surface area contributed by atoms with E-state index in [1.54, 1.807) is 17.9 Å². The molecule has 0 spiro atoms. The van der Waals surface area contributed by atoms with E-state index in [1.807, 2.05) is 4.90 Å². The molecule has 3 heterocycles. The Balaban J connectivity index is 1.41. The summed E-state index contributed by atoms with van der Waals surface area (Å²) in [4.78, 5) is 30.8. The average molecular weight is 449 g/mol. The van der Waals surface area contributed by atoms with E-state index in [9.17, 15) is 28.0 Å².